The molecule has 13 unspecified atom stereocenters. The molecule has 0 radical (unpaired) electrons. The number of unbranched alkanes of at least 4 members (excludes halogenated alkanes) is 9. The summed E-state index contributed by atoms with van der Waals surface area (Å²) in [5, 5.41) is 92.7. The molecular formula is C68H135NO46P6. The second kappa shape index (κ2) is 59.6. The smallest absolute Gasteiger partial charge is 0.394 e. The molecule has 4 heterocycles. The molecule has 0 aromatic carbocycles. The summed E-state index contributed by atoms with van der Waals surface area (Å²) in [6.07, 6.45) is -10.5. The van der Waals surface area contributed by atoms with Crippen molar-refractivity contribution in [1.29, 1.82) is 0 Å². The maximum Gasteiger partial charge on any atom is 0.474 e. The number of carbonyl (C=O) groups excluding carboxylic acids is 1. The number of hydrogen-bond donors (Lipinski definition) is 16. The second-order valence-electron chi connectivity index (χ2n) is 29.8. The highest BCUT2D eigenvalue weighted by molar-refractivity contribution is 7.52. The number of carbonyl (C=O) groups is 1. The lowest BCUT2D eigenvalue weighted by atomic mass is 9.92. The highest BCUT2D eigenvalue weighted by atomic mass is 31.2. The highest BCUT2D eigenvalue weighted by Gasteiger charge is 2.48. The Balaban J connectivity index is 1.36. The van der Waals surface area contributed by atoms with Crippen molar-refractivity contribution >= 4 is 52.6 Å². The van der Waals surface area contributed by atoms with Gasteiger partial charge in [0.2, 0.25) is 5.91 Å². The standard InChI is InChI=1S/C68H135NO46P6/c1-48-34-53(57(111-48)41-107-116(6,80)81)115-121(90,91)110-47-97-40-52(38-92-5)39-96-46-109-120(88,89)108-45-68(42-93-22-19-31-104-117(82,83)101-28-16-10-7-13-25-98-65-49(2)59(74)61(76)54(35-70)112-65,43-94-23-20-32-105-118(84,85)102-29-17-11-8-14-26-99-66-50(3)60(75)62(77)55(36-71)113-66)44-95-24-21-33-106-119(86,87)103-30-18-12-9-15-27-100-67-58(69-51(4)73)64(79)63(78)56(37-72)114-67/h48-50,52-67,70-72,74-79H,7-47H2,1-6H3,(H,69,73)(H,80,81)(H,82,83)(H,84,85)(H,86,87)(H,88,89)(H,90,91)/t48-,49?,50?,52?,53-,54?,55?,56?,57+,58?,59+,60+,61-,62-,63-,64+,65+,66+,67+,68?/m0/s1. The average molecular weight is 1890 g/mol. The third-order valence-electron chi connectivity index (χ3n) is 19.0. The van der Waals surface area contributed by atoms with Crippen molar-refractivity contribution < 1.29 is 219 Å². The largest absolute Gasteiger partial charge is 0.474 e. The van der Waals surface area contributed by atoms with Crippen LogP contribution in [0.2, 0.25) is 0 Å². The van der Waals surface area contributed by atoms with Crippen molar-refractivity contribution in [2.75, 3.05) is 179 Å². The van der Waals surface area contributed by atoms with Crippen LogP contribution in [-0.2, 0) is 144 Å². The highest BCUT2D eigenvalue weighted by Crippen LogP contribution is 2.50. The van der Waals surface area contributed by atoms with E-state index in [4.69, 9.17) is 111 Å². The van der Waals surface area contributed by atoms with Crippen LogP contribution < -0.4 is 5.32 Å². The van der Waals surface area contributed by atoms with Crippen LogP contribution >= 0.6 is 46.7 Å². The first-order valence-electron chi connectivity index (χ1n) is 40.3. The Morgan fingerprint density at radius 3 is 1.14 bits per heavy atom. The molecule has 0 aromatic rings. The van der Waals surface area contributed by atoms with Gasteiger partial charge in [0.15, 0.2) is 32.5 Å². The van der Waals surface area contributed by atoms with Gasteiger partial charge in [-0.15, -0.1) is 0 Å². The van der Waals surface area contributed by atoms with Gasteiger partial charge in [-0.25, -0.2) is 22.8 Å². The molecule has 16 N–H and O–H groups in total. The third kappa shape index (κ3) is 46.8. The van der Waals surface area contributed by atoms with E-state index in [1.807, 2.05) is 0 Å². The Labute approximate surface area is 705 Å². The number of rotatable bonds is 72. The number of nitrogens with one attached hydrogen (secondary N) is 1. The minimum Gasteiger partial charge on any atom is -0.394 e. The zero-order valence-corrected chi connectivity index (χ0v) is 74.9. The number of methoxy groups -OCH3 is 1. The molecule has 4 saturated heterocycles. The minimum absolute atomic E-state index is 0.0360. The van der Waals surface area contributed by atoms with Crippen molar-refractivity contribution in [1.82, 2.24) is 5.32 Å². The van der Waals surface area contributed by atoms with Crippen LogP contribution in [0, 0.1) is 23.2 Å². The molecule has 53 heteroatoms. The molecule has 0 aromatic heterocycles. The summed E-state index contributed by atoms with van der Waals surface area (Å²) in [7, 11) is -26.3. The van der Waals surface area contributed by atoms with Gasteiger partial charge in [-0.05, 0) is 64.7 Å². The van der Waals surface area contributed by atoms with Crippen LogP contribution in [0.25, 0.3) is 0 Å². The van der Waals surface area contributed by atoms with Crippen molar-refractivity contribution in [3.63, 3.8) is 0 Å². The lowest BCUT2D eigenvalue weighted by Gasteiger charge is -2.42. The van der Waals surface area contributed by atoms with Crippen molar-refractivity contribution in [2.45, 2.75) is 229 Å². The summed E-state index contributed by atoms with van der Waals surface area (Å²) in [4.78, 5) is 74.4. The lowest BCUT2D eigenvalue weighted by molar-refractivity contribution is -0.282. The van der Waals surface area contributed by atoms with Gasteiger partial charge in [0, 0.05) is 84.5 Å². The Kier molecular flexibility index (Phi) is 55.5. The van der Waals surface area contributed by atoms with E-state index >= 15 is 0 Å². The van der Waals surface area contributed by atoms with Gasteiger partial charge in [0.1, 0.15) is 61.0 Å². The number of hydrogen-bond acceptors (Lipinski definition) is 40. The molecule has 1 amide bonds. The van der Waals surface area contributed by atoms with E-state index in [2.05, 4.69) is 5.32 Å². The summed E-state index contributed by atoms with van der Waals surface area (Å²) in [5.41, 5.74) is -1.59. The van der Waals surface area contributed by atoms with Crippen LogP contribution in [0.3, 0.4) is 0 Å². The van der Waals surface area contributed by atoms with E-state index in [1.165, 1.54) is 14.0 Å². The molecule has 718 valence electrons. The van der Waals surface area contributed by atoms with Gasteiger partial charge in [0.25, 0.3) is 0 Å². The SMILES string of the molecule is COCC(COCOP(=O)(O)OCC(COCCCOP(=O)(O)OCCCCCCO[C@@H]1OC(CO)[C@H](O)[C@H](O)C1C)(COCCCOP(=O)(O)OCCCCCCO[C@@H]1OC(CO)[C@H](O)[C@H](O)C1C)COCCCOP(=O)(O)OCCCCCCO[C@@H]1OC(CO)[C@H](O)[C@H](O)C1NC(C)=O)COCOP(=O)(O)O[C@H]1C[C@H](C)O[C@@H]1COP(C)(=O)O. The lowest BCUT2D eigenvalue weighted by Crippen LogP contribution is -2.64. The summed E-state index contributed by atoms with van der Waals surface area (Å²) >= 11 is 0. The molecule has 4 aliphatic heterocycles. The summed E-state index contributed by atoms with van der Waals surface area (Å²) in [6.45, 7) is -0.868. The number of phosphoric ester groups is 5. The van der Waals surface area contributed by atoms with Crippen LogP contribution in [0.1, 0.15) is 130 Å². The van der Waals surface area contributed by atoms with Crippen LogP contribution in [0.15, 0.2) is 0 Å². The monoisotopic (exact) mass is 1890 g/mol. The minimum atomic E-state index is -5.13. The molecule has 4 fully saturated rings. The molecule has 121 heavy (non-hydrogen) atoms. The Hall–Kier alpha value is -0.710. The van der Waals surface area contributed by atoms with Gasteiger partial charge in [-0.3, -0.25) is 54.6 Å². The van der Waals surface area contributed by atoms with Gasteiger partial charge in [-0.2, -0.15) is 0 Å². The zero-order valence-electron chi connectivity index (χ0n) is 69.5. The van der Waals surface area contributed by atoms with Crippen LogP contribution in [0.4, 0.5) is 0 Å². The number of aliphatic hydroxyl groups is 9. The summed E-state index contributed by atoms with van der Waals surface area (Å²) < 4.78 is 208. The fourth-order valence-electron chi connectivity index (χ4n) is 12.4. The fraction of sp³-hybridized carbons (Fsp3) is 0.985. The molecule has 4 aliphatic rings. The van der Waals surface area contributed by atoms with Crippen molar-refractivity contribution in [2.24, 2.45) is 23.2 Å². The van der Waals surface area contributed by atoms with Gasteiger partial charge in [0.05, 0.1) is 136 Å². The average Bonchev–Trinajstić information content (AvgIpc) is 1.36. The molecule has 4 rings (SSSR count). The summed E-state index contributed by atoms with van der Waals surface area (Å²) in [6, 6.07) is -1.12. The number of amides is 1. The van der Waals surface area contributed by atoms with E-state index in [-0.39, 0.29) is 125 Å². The summed E-state index contributed by atoms with van der Waals surface area (Å²) in [5.74, 6) is -2.30. The van der Waals surface area contributed by atoms with Crippen LogP contribution in [-0.4, -0.2) is 359 Å². The first-order valence-corrected chi connectivity index (χ1v) is 49.8. The quantitative estimate of drug-likeness (QED) is 0.0236. The normalized spacial score (nSPS) is 29.9. The number of ether oxygens (including phenoxy) is 13. The zero-order chi connectivity index (χ0) is 89.7. The molecule has 0 aliphatic carbocycles. The van der Waals surface area contributed by atoms with Gasteiger partial charge in [-0.1, -0.05) is 52.4 Å². The Morgan fingerprint density at radius 2 is 0.760 bits per heavy atom. The number of phosphoric acid groups is 5. The van der Waals surface area contributed by atoms with Crippen LogP contribution in [0.5, 0.6) is 0 Å². The molecule has 0 bridgehead atoms. The molecule has 25 atom stereocenters. The first-order chi connectivity index (χ1) is 57.2. The molecular weight excluding hydrogens is 1750 g/mol. The third-order valence-corrected chi connectivity index (χ3v) is 24.6. The van der Waals surface area contributed by atoms with E-state index in [9.17, 15) is 108 Å². The number of aliphatic hydroxyl groups excluding tert-OH is 9. The topological polar surface area (TPSA) is 656 Å². The molecule has 47 nitrogen and oxygen atoms in total. The maximum atomic E-state index is 13.7. The van der Waals surface area contributed by atoms with Crippen molar-refractivity contribution in [3.8, 4) is 0 Å². The van der Waals surface area contributed by atoms with Crippen molar-refractivity contribution in [3.05, 3.63) is 0 Å². The maximum absolute atomic E-state index is 13.7. The molecule has 0 spiro atoms. The Bertz CT molecular complexity index is 2980. The van der Waals surface area contributed by atoms with E-state index in [1.54, 1.807) is 20.8 Å². The van der Waals surface area contributed by atoms with E-state index < -0.39 is 240 Å². The van der Waals surface area contributed by atoms with Gasteiger partial charge < -0.3 is 147 Å². The second-order valence-corrected chi connectivity index (χ2v) is 38.9. The first kappa shape index (κ1) is 113. The van der Waals surface area contributed by atoms with E-state index in [0.717, 1.165) is 6.66 Å². The molecule has 0 saturated carbocycles. The Morgan fingerprint density at radius 1 is 0.405 bits per heavy atom. The predicted molar refractivity (Wildman–Crippen MR) is 417 cm³/mol. The van der Waals surface area contributed by atoms with E-state index in [0.29, 0.717) is 77.0 Å². The fourth-order valence-corrected chi connectivity index (χ4v) is 16.7. The predicted octanol–water partition coefficient (Wildman–Crippen LogP) is 2.27. The van der Waals surface area contributed by atoms with Gasteiger partial charge >= 0.3 is 46.7 Å².